The van der Waals surface area contributed by atoms with E-state index in [2.05, 4.69) is 4.98 Å². The van der Waals surface area contributed by atoms with Crippen LogP contribution in [0.25, 0.3) is 0 Å². The lowest BCUT2D eigenvalue weighted by Gasteiger charge is -2.34. The first-order valence-electron chi connectivity index (χ1n) is 5.81. The lowest BCUT2D eigenvalue weighted by atomic mass is 10.2. The average Bonchev–Trinajstić information content (AvgIpc) is 2.44. The molecule has 2 aromatic rings. The van der Waals surface area contributed by atoms with Gasteiger partial charge in [-0.05, 0) is 24.3 Å². The van der Waals surface area contributed by atoms with E-state index in [1.807, 2.05) is 47.4 Å². The molecule has 1 aromatic carbocycles. The fraction of sp³-hybridized carbons (Fsp3) is 0.143. The van der Waals surface area contributed by atoms with Crippen molar-refractivity contribution in [3.05, 3.63) is 48.7 Å². The number of hydrogen-bond donors (Lipinski definition) is 0. The Morgan fingerprint density at radius 3 is 2.67 bits per heavy atom. The molecule has 1 amide bonds. The van der Waals surface area contributed by atoms with Crippen LogP contribution in [0.4, 0.5) is 17.2 Å². The molecule has 0 spiro atoms. The molecule has 1 aliphatic rings. The zero-order valence-electron chi connectivity index (χ0n) is 10.1. The topological polar surface area (TPSA) is 36.4 Å². The minimum Gasteiger partial charge on any atom is -0.315 e. The van der Waals surface area contributed by atoms with Crippen molar-refractivity contribution in [1.29, 1.82) is 0 Å². The number of anilines is 3. The molecule has 18 heavy (non-hydrogen) atoms. The summed E-state index contributed by atoms with van der Waals surface area (Å²) in [6.45, 7) is 0.324. The predicted octanol–water partition coefficient (Wildman–Crippen LogP) is 2.20. The number of nitrogens with zero attached hydrogens (tertiary/aromatic N) is 3. The summed E-state index contributed by atoms with van der Waals surface area (Å²) in [6, 6.07) is 13.6. The SMILES string of the molecule is CN1C(=O)CN(c2ccccc2)c2ncccc21. The zero-order chi connectivity index (χ0) is 12.5. The maximum atomic E-state index is 12.0. The molecule has 0 fully saturated rings. The molecule has 90 valence electrons. The van der Waals surface area contributed by atoms with Crippen molar-refractivity contribution >= 4 is 23.1 Å². The Labute approximate surface area is 105 Å². The Morgan fingerprint density at radius 2 is 1.89 bits per heavy atom. The lowest BCUT2D eigenvalue weighted by Crippen LogP contribution is -2.42. The van der Waals surface area contributed by atoms with Crippen LogP contribution in [0.3, 0.4) is 0 Å². The third kappa shape index (κ3) is 1.62. The van der Waals surface area contributed by atoms with Crippen LogP contribution >= 0.6 is 0 Å². The van der Waals surface area contributed by atoms with Gasteiger partial charge in [-0.1, -0.05) is 18.2 Å². The van der Waals surface area contributed by atoms with Gasteiger partial charge in [0.2, 0.25) is 5.91 Å². The molecule has 1 aromatic heterocycles. The summed E-state index contributed by atoms with van der Waals surface area (Å²) >= 11 is 0. The number of rotatable bonds is 1. The van der Waals surface area contributed by atoms with E-state index in [-0.39, 0.29) is 5.91 Å². The second kappa shape index (κ2) is 4.14. The smallest absolute Gasteiger partial charge is 0.246 e. The number of carbonyl (C=O) groups excluding carboxylic acids is 1. The number of benzene rings is 1. The van der Waals surface area contributed by atoms with E-state index in [4.69, 9.17) is 0 Å². The van der Waals surface area contributed by atoms with Crippen LogP contribution in [0.2, 0.25) is 0 Å². The summed E-state index contributed by atoms with van der Waals surface area (Å²) in [5.74, 6) is 0.894. The highest BCUT2D eigenvalue weighted by atomic mass is 16.2. The number of para-hydroxylation sites is 1. The van der Waals surface area contributed by atoms with Crippen molar-refractivity contribution in [2.75, 3.05) is 23.4 Å². The van der Waals surface area contributed by atoms with Crippen LogP contribution < -0.4 is 9.80 Å². The van der Waals surface area contributed by atoms with Crippen molar-refractivity contribution in [3.8, 4) is 0 Å². The molecule has 0 atom stereocenters. The normalized spacial score (nSPS) is 14.6. The number of pyridine rings is 1. The summed E-state index contributed by atoms with van der Waals surface area (Å²) in [4.78, 5) is 20.0. The molecule has 0 aliphatic carbocycles. The Hall–Kier alpha value is -2.36. The van der Waals surface area contributed by atoms with Crippen molar-refractivity contribution in [2.45, 2.75) is 0 Å². The summed E-state index contributed by atoms with van der Waals surface area (Å²) in [5.41, 5.74) is 1.83. The van der Waals surface area contributed by atoms with Gasteiger partial charge >= 0.3 is 0 Å². The molecular weight excluding hydrogens is 226 g/mol. The Balaban J connectivity index is 2.13. The third-order valence-electron chi connectivity index (χ3n) is 3.12. The fourth-order valence-electron chi connectivity index (χ4n) is 2.13. The maximum Gasteiger partial charge on any atom is 0.246 e. The van der Waals surface area contributed by atoms with Crippen LogP contribution in [0.1, 0.15) is 0 Å². The highest BCUT2D eigenvalue weighted by Crippen LogP contribution is 2.34. The van der Waals surface area contributed by atoms with E-state index < -0.39 is 0 Å². The lowest BCUT2D eigenvalue weighted by molar-refractivity contribution is -0.117. The van der Waals surface area contributed by atoms with Gasteiger partial charge in [0.1, 0.15) is 6.54 Å². The van der Waals surface area contributed by atoms with E-state index in [0.29, 0.717) is 6.54 Å². The highest BCUT2D eigenvalue weighted by molar-refractivity contribution is 6.03. The second-order valence-electron chi connectivity index (χ2n) is 4.22. The molecular formula is C14H13N3O. The van der Waals surface area contributed by atoms with Gasteiger partial charge in [-0.15, -0.1) is 0 Å². The van der Waals surface area contributed by atoms with Crippen LogP contribution in [-0.4, -0.2) is 24.5 Å². The quantitative estimate of drug-likeness (QED) is 0.765. The van der Waals surface area contributed by atoms with Crippen LogP contribution in [0, 0.1) is 0 Å². The summed E-state index contributed by atoms with van der Waals surface area (Å²) in [5, 5.41) is 0. The second-order valence-corrected chi connectivity index (χ2v) is 4.22. The van der Waals surface area contributed by atoms with E-state index in [9.17, 15) is 4.79 Å². The number of aromatic nitrogens is 1. The van der Waals surface area contributed by atoms with Gasteiger partial charge in [-0.25, -0.2) is 4.98 Å². The van der Waals surface area contributed by atoms with Gasteiger partial charge in [-0.2, -0.15) is 0 Å². The van der Waals surface area contributed by atoms with Gasteiger partial charge in [0, 0.05) is 18.9 Å². The van der Waals surface area contributed by atoms with Crippen LogP contribution in [0.15, 0.2) is 48.7 Å². The molecule has 4 nitrogen and oxygen atoms in total. The molecule has 0 saturated carbocycles. The molecule has 1 aliphatic heterocycles. The number of amides is 1. The van der Waals surface area contributed by atoms with Crippen molar-refractivity contribution in [3.63, 3.8) is 0 Å². The summed E-state index contributed by atoms with van der Waals surface area (Å²) in [6.07, 6.45) is 1.75. The van der Waals surface area contributed by atoms with E-state index >= 15 is 0 Å². The molecule has 0 bridgehead atoms. The zero-order valence-corrected chi connectivity index (χ0v) is 10.1. The maximum absolute atomic E-state index is 12.0. The largest absolute Gasteiger partial charge is 0.315 e. The van der Waals surface area contributed by atoms with Gasteiger partial charge in [0.25, 0.3) is 0 Å². The first kappa shape index (κ1) is 10.8. The third-order valence-corrected chi connectivity index (χ3v) is 3.12. The first-order chi connectivity index (χ1) is 8.77. The van der Waals surface area contributed by atoms with Crippen molar-refractivity contribution < 1.29 is 4.79 Å². The van der Waals surface area contributed by atoms with Gasteiger partial charge < -0.3 is 9.80 Å². The van der Waals surface area contributed by atoms with Gasteiger partial charge in [0.15, 0.2) is 5.82 Å². The molecule has 3 rings (SSSR count). The van der Waals surface area contributed by atoms with Crippen LogP contribution in [-0.2, 0) is 4.79 Å². The molecule has 0 saturated heterocycles. The monoisotopic (exact) mass is 239 g/mol. The Morgan fingerprint density at radius 1 is 1.11 bits per heavy atom. The molecule has 0 unspecified atom stereocenters. The minimum absolute atomic E-state index is 0.0688. The molecule has 0 N–H and O–H groups in total. The fourth-order valence-corrected chi connectivity index (χ4v) is 2.13. The average molecular weight is 239 g/mol. The van der Waals surface area contributed by atoms with Crippen molar-refractivity contribution in [2.24, 2.45) is 0 Å². The Bertz CT molecular complexity index is 583. The Kier molecular flexibility index (Phi) is 2.48. The number of likely N-dealkylation sites (N-methyl/N-ethyl adjacent to an activating group) is 1. The molecule has 4 heteroatoms. The standard InChI is InChI=1S/C14H13N3O/c1-16-12-8-5-9-15-14(12)17(10-13(16)18)11-6-3-2-4-7-11/h2-9H,10H2,1H3. The molecule has 2 heterocycles. The van der Waals surface area contributed by atoms with Gasteiger partial charge in [0.05, 0.1) is 5.69 Å². The summed E-state index contributed by atoms with van der Waals surface area (Å²) in [7, 11) is 1.78. The van der Waals surface area contributed by atoms with Gasteiger partial charge in [-0.3, -0.25) is 4.79 Å². The van der Waals surface area contributed by atoms with Crippen LogP contribution in [0.5, 0.6) is 0 Å². The molecule has 0 radical (unpaired) electrons. The predicted molar refractivity (Wildman–Crippen MR) is 71.1 cm³/mol. The van der Waals surface area contributed by atoms with E-state index in [1.165, 1.54) is 0 Å². The number of fused-ring (bicyclic) bond motifs is 1. The minimum atomic E-state index is 0.0688. The highest BCUT2D eigenvalue weighted by Gasteiger charge is 2.28. The summed E-state index contributed by atoms with van der Waals surface area (Å²) < 4.78 is 0. The van der Waals surface area contributed by atoms with Crippen molar-refractivity contribution in [1.82, 2.24) is 4.98 Å². The number of carbonyl (C=O) groups is 1. The van der Waals surface area contributed by atoms with E-state index in [0.717, 1.165) is 17.2 Å². The van der Waals surface area contributed by atoms with E-state index in [1.54, 1.807) is 18.1 Å². The number of hydrogen-bond acceptors (Lipinski definition) is 3. The first-order valence-corrected chi connectivity index (χ1v) is 5.81.